The van der Waals surface area contributed by atoms with Crippen molar-refractivity contribution < 1.29 is 9.53 Å². The third-order valence-electron chi connectivity index (χ3n) is 7.41. The normalized spacial score (nSPS) is 20.3. The number of primary amides is 1. The van der Waals surface area contributed by atoms with Gasteiger partial charge in [-0.05, 0) is 30.9 Å². The van der Waals surface area contributed by atoms with Crippen molar-refractivity contribution in [1.82, 2.24) is 19.7 Å². The van der Waals surface area contributed by atoms with Crippen molar-refractivity contribution in [3.05, 3.63) is 66.2 Å². The van der Waals surface area contributed by atoms with Gasteiger partial charge in [0.25, 0.3) is 5.91 Å². The molecule has 4 N–H and O–H groups in total. The van der Waals surface area contributed by atoms with E-state index in [1.165, 1.54) is 0 Å². The molecule has 184 valence electrons. The molecule has 2 aromatic heterocycles. The van der Waals surface area contributed by atoms with E-state index in [1.807, 2.05) is 59.3 Å². The van der Waals surface area contributed by atoms with Crippen LogP contribution in [0, 0.1) is 5.92 Å². The number of rotatable bonds is 6. The van der Waals surface area contributed by atoms with E-state index in [-0.39, 0.29) is 11.6 Å². The van der Waals surface area contributed by atoms with E-state index in [1.54, 1.807) is 0 Å². The average molecular weight is 483 g/mol. The van der Waals surface area contributed by atoms with Gasteiger partial charge in [0.05, 0.1) is 30.5 Å². The molecule has 0 radical (unpaired) electrons. The maximum atomic E-state index is 12.4. The quantitative estimate of drug-likeness (QED) is 0.433. The largest absolute Gasteiger partial charge is 0.383 e. The van der Waals surface area contributed by atoms with E-state index < -0.39 is 5.91 Å². The second kappa shape index (κ2) is 9.37. The van der Waals surface area contributed by atoms with Crippen molar-refractivity contribution >= 4 is 22.6 Å². The predicted octanol–water partition coefficient (Wildman–Crippen LogP) is 3.73. The van der Waals surface area contributed by atoms with E-state index >= 15 is 0 Å². The van der Waals surface area contributed by atoms with Gasteiger partial charge in [0.1, 0.15) is 17.1 Å². The number of pyridine rings is 1. The Labute approximate surface area is 209 Å². The minimum Gasteiger partial charge on any atom is -0.383 e. The van der Waals surface area contributed by atoms with Gasteiger partial charge in [-0.3, -0.25) is 9.69 Å². The Hall–Kier alpha value is -3.75. The van der Waals surface area contributed by atoms with Crippen LogP contribution in [0.5, 0.6) is 0 Å². The first-order valence-corrected chi connectivity index (χ1v) is 12.5. The van der Waals surface area contributed by atoms with Crippen LogP contribution in [0.25, 0.3) is 33.4 Å². The third-order valence-corrected chi connectivity index (χ3v) is 7.41. The number of fused-ring (bicyclic) bond motifs is 1. The monoisotopic (exact) mass is 482 g/mol. The number of hydrogen-bond acceptors (Lipinski definition) is 6. The Morgan fingerprint density at radius 2 is 1.75 bits per heavy atom. The molecule has 8 nitrogen and oxygen atoms in total. The molecule has 36 heavy (non-hydrogen) atoms. The predicted molar refractivity (Wildman–Crippen MR) is 140 cm³/mol. The Morgan fingerprint density at radius 3 is 2.50 bits per heavy atom. The smallest absolute Gasteiger partial charge is 0.254 e. The van der Waals surface area contributed by atoms with Gasteiger partial charge in [0.15, 0.2) is 0 Å². The van der Waals surface area contributed by atoms with E-state index in [0.29, 0.717) is 17.4 Å². The molecule has 2 aliphatic rings. The van der Waals surface area contributed by atoms with Crippen LogP contribution < -0.4 is 11.5 Å². The molecule has 2 aromatic carbocycles. The van der Waals surface area contributed by atoms with Crippen LogP contribution in [0.4, 0.5) is 5.82 Å². The van der Waals surface area contributed by atoms with Gasteiger partial charge in [-0.15, -0.1) is 0 Å². The lowest BCUT2D eigenvalue weighted by Gasteiger charge is -2.39. The van der Waals surface area contributed by atoms with Crippen molar-refractivity contribution in [3.63, 3.8) is 0 Å². The highest BCUT2D eigenvalue weighted by Gasteiger charge is 2.35. The number of nitrogens with zero attached hydrogens (tertiary/aromatic N) is 4. The number of morpholine rings is 1. The number of nitrogens with two attached hydrogens (primary N) is 2. The zero-order valence-electron chi connectivity index (χ0n) is 20.1. The lowest BCUT2D eigenvalue weighted by Crippen LogP contribution is -2.43. The van der Waals surface area contributed by atoms with E-state index in [4.69, 9.17) is 26.3 Å². The van der Waals surface area contributed by atoms with E-state index in [2.05, 4.69) is 11.0 Å². The summed E-state index contributed by atoms with van der Waals surface area (Å²) in [5, 5.41) is 5.83. The molecule has 1 saturated heterocycles. The molecule has 0 atom stereocenters. The first-order valence-electron chi connectivity index (χ1n) is 12.5. The first-order chi connectivity index (χ1) is 17.6. The van der Waals surface area contributed by atoms with Gasteiger partial charge in [0, 0.05) is 36.1 Å². The summed E-state index contributed by atoms with van der Waals surface area (Å²) in [7, 11) is 0. The van der Waals surface area contributed by atoms with Gasteiger partial charge in [-0.2, -0.15) is 5.10 Å². The first kappa shape index (κ1) is 22.7. The summed E-state index contributed by atoms with van der Waals surface area (Å²) in [4.78, 5) is 19.8. The average Bonchev–Trinajstić information content (AvgIpc) is 3.23. The number of carbonyl (C=O) groups is 1. The number of hydrogen-bond donors (Lipinski definition) is 2. The number of amides is 1. The molecule has 0 bridgehead atoms. The number of carbonyl (C=O) groups excluding carboxylic acids is 1. The van der Waals surface area contributed by atoms with Gasteiger partial charge >= 0.3 is 0 Å². The van der Waals surface area contributed by atoms with Crippen LogP contribution in [0.15, 0.2) is 60.7 Å². The molecule has 1 aliphatic heterocycles. The molecule has 2 fully saturated rings. The fourth-order valence-electron chi connectivity index (χ4n) is 5.40. The van der Waals surface area contributed by atoms with Gasteiger partial charge < -0.3 is 16.2 Å². The van der Waals surface area contributed by atoms with Crippen LogP contribution in [0.1, 0.15) is 29.2 Å². The zero-order chi connectivity index (χ0) is 24.6. The summed E-state index contributed by atoms with van der Waals surface area (Å²) < 4.78 is 7.26. The van der Waals surface area contributed by atoms with Gasteiger partial charge in [-0.1, -0.05) is 48.5 Å². The molecule has 8 heteroatoms. The Bertz CT molecular complexity index is 1400. The van der Waals surface area contributed by atoms with Crippen molar-refractivity contribution in [2.75, 3.05) is 38.6 Å². The lowest BCUT2D eigenvalue weighted by atomic mass is 9.80. The SMILES string of the molecule is NC(=O)c1c(-c2ccc3ccc(-c4ccccc4)nc3c2)nn(C2CC(CN3CCOCC3)C2)c1N. The lowest BCUT2D eigenvalue weighted by molar-refractivity contribution is 0.0172. The second-order valence-electron chi connectivity index (χ2n) is 9.79. The maximum absolute atomic E-state index is 12.4. The topological polar surface area (TPSA) is 112 Å². The van der Waals surface area contributed by atoms with Crippen molar-refractivity contribution in [2.24, 2.45) is 11.7 Å². The molecule has 1 amide bonds. The minimum atomic E-state index is -0.566. The third kappa shape index (κ3) is 4.23. The van der Waals surface area contributed by atoms with Crippen LogP contribution >= 0.6 is 0 Å². The second-order valence-corrected chi connectivity index (χ2v) is 9.79. The Morgan fingerprint density at radius 1 is 1.00 bits per heavy atom. The van der Waals surface area contributed by atoms with Crippen LogP contribution in [0.2, 0.25) is 0 Å². The summed E-state index contributed by atoms with van der Waals surface area (Å²) in [5.41, 5.74) is 16.6. The van der Waals surface area contributed by atoms with Crippen molar-refractivity contribution in [1.29, 1.82) is 0 Å². The molecular formula is C28H30N6O2. The molecule has 1 saturated carbocycles. The van der Waals surface area contributed by atoms with Crippen LogP contribution in [0.3, 0.4) is 0 Å². The number of aromatic nitrogens is 3. The highest BCUT2D eigenvalue weighted by molar-refractivity contribution is 6.04. The Kier molecular flexibility index (Phi) is 5.91. The standard InChI is InChI=1S/C28H30N6O2/c29-27-25(28(30)35)26(32-34(27)22-14-18(15-22)17-33-10-12-36-13-11-33)21-7-6-20-8-9-23(31-24(20)16-21)19-4-2-1-3-5-19/h1-9,16,18,22H,10-15,17,29H2,(H2,30,35). The summed E-state index contributed by atoms with van der Waals surface area (Å²) in [6, 6.07) is 20.2. The van der Waals surface area contributed by atoms with E-state index in [0.717, 1.165) is 73.4 Å². The maximum Gasteiger partial charge on any atom is 0.254 e. The molecule has 0 unspecified atom stereocenters. The molecule has 6 rings (SSSR count). The van der Waals surface area contributed by atoms with Crippen molar-refractivity contribution in [2.45, 2.75) is 18.9 Å². The van der Waals surface area contributed by atoms with E-state index in [9.17, 15) is 4.79 Å². The summed E-state index contributed by atoms with van der Waals surface area (Å²) in [6.45, 7) is 4.66. The molecule has 0 spiro atoms. The molecular weight excluding hydrogens is 452 g/mol. The summed E-state index contributed by atoms with van der Waals surface area (Å²) >= 11 is 0. The fraction of sp³-hybridized carbons (Fsp3) is 0.321. The molecule has 4 aromatic rings. The minimum absolute atomic E-state index is 0.172. The number of anilines is 1. The highest BCUT2D eigenvalue weighted by atomic mass is 16.5. The van der Waals surface area contributed by atoms with Gasteiger partial charge in [-0.25, -0.2) is 9.67 Å². The summed E-state index contributed by atoms with van der Waals surface area (Å²) in [5.74, 6) is 0.376. The van der Waals surface area contributed by atoms with Crippen LogP contribution in [-0.4, -0.2) is 58.4 Å². The number of benzene rings is 2. The highest BCUT2D eigenvalue weighted by Crippen LogP contribution is 2.41. The Balaban J connectivity index is 1.29. The number of nitrogen functional groups attached to an aromatic ring is 1. The number of ether oxygens (including phenoxy) is 1. The zero-order valence-corrected chi connectivity index (χ0v) is 20.1. The molecule has 1 aliphatic carbocycles. The van der Waals surface area contributed by atoms with Crippen molar-refractivity contribution in [3.8, 4) is 22.5 Å². The van der Waals surface area contributed by atoms with Gasteiger partial charge in [0.2, 0.25) is 0 Å². The fourth-order valence-corrected chi connectivity index (χ4v) is 5.40. The van der Waals surface area contributed by atoms with Crippen LogP contribution in [-0.2, 0) is 4.74 Å². The summed E-state index contributed by atoms with van der Waals surface area (Å²) in [6.07, 6.45) is 1.97. The molecule has 3 heterocycles.